The topological polar surface area (TPSA) is 144 Å². The number of nitrogens with zero attached hydrogens (tertiary/aromatic N) is 3. The van der Waals surface area contributed by atoms with Crippen LogP contribution in [0.3, 0.4) is 0 Å². The lowest BCUT2D eigenvalue weighted by Crippen LogP contribution is -2.23. The number of allylic oxidation sites excluding steroid dienone is 1. The van der Waals surface area contributed by atoms with E-state index >= 15 is 0 Å². The highest BCUT2D eigenvalue weighted by atomic mass is 32.3. The number of tetrazole rings is 1. The fraction of sp³-hybridized carbons (Fsp3) is 0.111. The number of sulfonamides is 1. The van der Waals surface area contributed by atoms with Crippen molar-refractivity contribution in [3.63, 3.8) is 0 Å². The van der Waals surface area contributed by atoms with Crippen LogP contribution in [0.25, 0.3) is 16.3 Å². The number of rotatable bonds is 6. The van der Waals surface area contributed by atoms with Gasteiger partial charge in [0, 0.05) is 21.7 Å². The van der Waals surface area contributed by atoms with Crippen molar-refractivity contribution in [2.24, 2.45) is 5.73 Å². The Morgan fingerprint density at radius 2 is 1.97 bits per heavy atom. The lowest BCUT2D eigenvalue weighted by atomic mass is 10.1. The first-order valence-corrected chi connectivity index (χ1v) is 11.0. The van der Waals surface area contributed by atoms with E-state index in [9.17, 15) is 13.2 Å². The van der Waals surface area contributed by atoms with Crippen molar-refractivity contribution >= 4 is 38.3 Å². The number of aromatic amines is 1. The van der Waals surface area contributed by atoms with Gasteiger partial charge in [0.05, 0.1) is 0 Å². The summed E-state index contributed by atoms with van der Waals surface area (Å²) >= 11 is 1.23. The van der Waals surface area contributed by atoms with E-state index in [-0.39, 0.29) is 0 Å². The molecule has 3 aromatic rings. The average molecular weight is 428 g/mol. The molecule has 1 unspecified atom stereocenters. The van der Waals surface area contributed by atoms with Gasteiger partial charge in [-0.15, -0.1) is 16.9 Å². The average Bonchev–Trinajstić information content (AvgIpc) is 3.40. The molecule has 2 heterocycles. The number of carbonyl (C=O) groups is 1. The minimum Gasteiger partial charge on any atom is -0.366 e. The molecule has 11 heteroatoms. The number of thioether (sulfide) groups is 1. The monoisotopic (exact) mass is 428 g/mol. The number of hydrogen-bond acceptors (Lipinski definition) is 7. The summed E-state index contributed by atoms with van der Waals surface area (Å²) in [7, 11) is -3.66. The van der Waals surface area contributed by atoms with Crippen LogP contribution in [0.4, 0.5) is 5.69 Å². The van der Waals surface area contributed by atoms with Crippen LogP contribution in [0.1, 0.15) is 22.3 Å². The minimum absolute atomic E-state index is 0.349. The van der Waals surface area contributed by atoms with Crippen molar-refractivity contribution in [2.45, 2.75) is 11.0 Å². The molecule has 1 aromatic heterocycles. The molecule has 0 spiro atoms. The fourth-order valence-corrected chi connectivity index (χ4v) is 5.71. The summed E-state index contributed by atoms with van der Waals surface area (Å²) < 4.78 is 27.7. The molecular weight excluding hydrogens is 412 g/mol. The van der Waals surface area contributed by atoms with E-state index in [1.165, 1.54) is 11.8 Å². The van der Waals surface area contributed by atoms with Crippen LogP contribution in [0.5, 0.6) is 0 Å². The van der Waals surface area contributed by atoms with E-state index in [1.54, 1.807) is 42.5 Å². The number of nitrogens with two attached hydrogens (primary N) is 1. The molecule has 0 radical (unpaired) electrons. The van der Waals surface area contributed by atoms with Crippen LogP contribution >= 0.6 is 11.8 Å². The summed E-state index contributed by atoms with van der Waals surface area (Å²) in [5.41, 5.74) is 7.56. The van der Waals surface area contributed by atoms with Gasteiger partial charge in [-0.2, -0.15) is 0 Å². The number of amides is 1. The van der Waals surface area contributed by atoms with Gasteiger partial charge in [-0.1, -0.05) is 30.3 Å². The normalized spacial score (nSPS) is 16.4. The van der Waals surface area contributed by atoms with E-state index in [1.807, 2.05) is 12.1 Å². The quantitative estimate of drug-likeness (QED) is 0.546. The number of carbonyl (C=O) groups excluding carboxylic acids is 1. The second-order valence-corrected chi connectivity index (χ2v) is 9.68. The molecule has 0 bridgehead atoms. The van der Waals surface area contributed by atoms with Gasteiger partial charge in [0.1, 0.15) is 4.58 Å². The first-order chi connectivity index (χ1) is 13.9. The van der Waals surface area contributed by atoms with Gasteiger partial charge in [0.15, 0.2) is 5.82 Å². The molecule has 148 valence electrons. The number of H-pyrrole nitrogens is 1. The summed E-state index contributed by atoms with van der Waals surface area (Å²) in [6.07, 6.45) is 2.20. The first kappa shape index (κ1) is 19.2. The Balaban J connectivity index is 1.49. The van der Waals surface area contributed by atoms with Crippen molar-refractivity contribution in [2.75, 3.05) is 4.72 Å². The Bertz CT molecular complexity index is 1190. The Labute approximate surface area is 170 Å². The molecule has 1 aliphatic heterocycles. The van der Waals surface area contributed by atoms with Crippen LogP contribution in [0.15, 0.2) is 54.6 Å². The second-order valence-electron chi connectivity index (χ2n) is 6.27. The highest BCUT2D eigenvalue weighted by Gasteiger charge is 2.31. The SMILES string of the molecule is NC(=O)c1cccc(C2=CCC(S(=O)(=O)Nc3cccc(-c4nnn[nH]4)c3)S2)c1. The molecule has 4 rings (SSSR count). The maximum atomic E-state index is 12.9. The zero-order chi connectivity index (χ0) is 20.4. The zero-order valence-corrected chi connectivity index (χ0v) is 16.6. The molecule has 1 atom stereocenters. The summed E-state index contributed by atoms with van der Waals surface area (Å²) in [5, 5.41) is 13.5. The summed E-state index contributed by atoms with van der Waals surface area (Å²) in [4.78, 5) is 12.2. The maximum absolute atomic E-state index is 12.9. The van der Waals surface area contributed by atoms with Gasteiger partial charge in [-0.25, -0.2) is 13.5 Å². The molecule has 1 aliphatic rings. The van der Waals surface area contributed by atoms with Crippen LogP contribution in [-0.2, 0) is 10.0 Å². The predicted octanol–water partition coefficient (Wildman–Crippen LogP) is 2.21. The number of anilines is 1. The van der Waals surface area contributed by atoms with E-state index in [2.05, 4.69) is 25.3 Å². The third-order valence-electron chi connectivity index (χ3n) is 4.27. The lowest BCUT2D eigenvalue weighted by Gasteiger charge is -2.14. The number of aromatic nitrogens is 4. The minimum atomic E-state index is -3.66. The summed E-state index contributed by atoms with van der Waals surface area (Å²) in [6.45, 7) is 0. The molecule has 0 saturated heterocycles. The Kier molecular flexibility index (Phi) is 5.07. The van der Waals surface area contributed by atoms with Crippen molar-refractivity contribution in [1.29, 1.82) is 0 Å². The van der Waals surface area contributed by atoms with Gasteiger partial charge in [0.25, 0.3) is 0 Å². The fourth-order valence-electron chi connectivity index (χ4n) is 2.88. The molecular formula is C18H16N6O3S2. The second kappa shape index (κ2) is 7.68. The predicted molar refractivity (Wildman–Crippen MR) is 111 cm³/mol. The number of benzene rings is 2. The van der Waals surface area contributed by atoms with Crippen LogP contribution < -0.4 is 10.5 Å². The van der Waals surface area contributed by atoms with E-state index < -0.39 is 20.5 Å². The van der Waals surface area contributed by atoms with E-state index in [4.69, 9.17) is 5.73 Å². The lowest BCUT2D eigenvalue weighted by molar-refractivity contribution is 0.1000. The van der Waals surface area contributed by atoms with Crippen LogP contribution in [0, 0.1) is 0 Å². The van der Waals surface area contributed by atoms with Crippen LogP contribution in [0.2, 0.25) is 0 Å². The van der Waals surface area contributed by atoms with Gasteiger partial charge < -0.3 is 5.73 Å². The molecule has 29 heavy (non-hydrogen) atoms. The smallest absolute Gasteiger partial charge is 0.248 e. The standard InChI is InChI=1S/C18H16N6O3S2/c19-17(25)12-4-1-3-11(9-12)15-7-8-16(28-15)29(26,27)22-14-6-2-5-13(10-14)18-20-23-24-21-18/h1-7,9-10,16,22H,8H2,(H2,19,25)(H,20,21,23,24). The molecule has 0 saturated carbocycles. The Hall–Kier alpha value is -3.18. The molecule has 9 nitrogen and oxygen atoms in total. The Morgan fingerprint density at radius 3 is 2.72 bits per heavy atom. The van der Waals surface area contributed by atoms with Gasteiger partial charge in [-0.3, -0.25) is 9.52 Å². The third kappa shape index (κ3) is 4.15. The van der Waals surface area contributed by atoms with Crippen molar-refractivity contribution in [3.8, 4) is 11.4 Å². The molecule has 1 amide bonds. The molecule has 4 N–H and O–H groups in total. The number of hydrogen-bond donors (Lipinski definition) is 3. The zero-order valence-electron chi connectivity index (χ0n) is 14.9. The molecule has 2 aromatic carbocycles. The van der Waals surface area contributed by atoms with Gasteiger partial charge in [0.2, 0.25) is 15.9 Å². The van der Waals surface area contributed by atoms with Gasteiger partial charge >= 0.3 is 0 Å². The largest absolute Gasteiger partial charge is 0.366 e. The van der Waals surface area contributed by atoms with Crippen molar-refractivity contribution in [3.05, 3.63) is 65.7 Å². The summed E-state index contributed by atoms with van der Waals surface area (Å²) in [5.74, 6) is -0.0808. The number of nitrogens with one attached hydrogen (secondary N) is 2. The molecule has 0 fully saturated rings. The van der Waals surface area contributed by atoms with E-state index in [0.717, 1.165) is 10.5 Å². The Morgan fingerprint density at radius 1 is 1.17 bits per heavy atom. The highest BCUT2D eigenvalue weighted by molar-refractivity contribution is 8.19. The van der Waals surface area contributed by atoms with Crippen molar-refractivity contribution < 1.29 is 13.2 Å². The van der Waals surface area contributed by atoms with Crippen LogP contribution in [-0.4, -0.2) is 39.5 Å². The third-order valence-corrected chi connectivity index (χ3v) is 7.84. The highest BCUT2D eigenvalue weighted by Crippen LogP contribution is 2.42. The van der Waals surface area contributed by atoms with E-state index in [0.29, 0.717) is 29.1 Å². The van der Waals surface area contributed by atoms with Crippen molar-refractivity contribution in [1.82, 2.24) is 20.6 Å². The first-order valence-electron chi connectivity index (χ1n) is 8.55. The maximum Gasteiger partial charge on any atom is 0.248 e. The summed E-state index contributed by atoms with van der Waals surface area (Å²) in [6, 6.07) is 13.6. The van der Waals surface area contributed by atoms with Gasteiger partial charge in [-0.05, 0) is 46.7 Å². The number of primary amides is 1. The molecule has 0 aliphatic carbocycles.